The van der Waals surface area contributed by atoms with Crippen LogP contribution in [0.3, 0.4) is 0 Å². The Labute approximate surface area is 140 Å². The van der Waals surface area contributed by atoms with Crippen molar-refractivity contribution in [3.63, 3.8) is 0 Å². The molecule has 0 saturated carbocycles. The highest BCUT2D eigenvalue weighted by atomic mass is 32.2. The molecule has 23 heavy (non-hydrogen) atoms. The van der Waals surface area contributed by atoms with Crippen molar-refractivity contribution >= 4 is 46.2 Å². The van der Waals surface area contributed by atoms with Gasteiger partial charge in [-0.25, -0.2) is 9.29 Å². The molecule has 2 aromatic rings. The highest BCUT2D eigenvalue weighted by molar-refractivity contribution is 8.04. The molecule has 0 bridgehead atoms. The van der Waals surface area contributed by atoms with Gasteiger partial charge in [-0.2, -0.15) is 0 Å². The number of hydrogen-bond donors (Lipinski definition) is 1. The summed E-state index contributed by atoms with van der Waals surface area (Å²) >= 11 is 2.45. The number of rotatable bonds is 5. The summed E-state index contributed by atoms with van der Waals surface area (Å²) in [4.78, 5) is 27.2. The van der Waals surface area contributed by atoms with Gasteiger partial charge in [0.1, 0.15) is 5.82 Å². The lowest BCUT2D eigenvalue weighted by molar-refractivity contribution is -0.119. The molecule has 0 radical (unpaired) electrons. The number of nitrogens with zero attached hydrogens (tertiary/aromatic N) is 1. The second-order valence-electron chi connectivity index (χ2n) is 4.65. The molecule has 0 unspecified atom stereocenters. The van der Waals surface area contributed by atoms with E-state index in [-0.39, 0.29) is 28.5 Å². The number of thiophene rings is 1. The molecule has 0 fully saturated rings. The predicted molar refractivity (Wildman–Crippen MR) is 89.7 cm³/mol. The van der Waals surface area contributed by atoms with Gasteiger partial charge in [0.05, 0.1) is 22.8 Å². The van der Waals surface area contributed by atoms with Gasteiger partial charge in [-0.1, -0.05) is 18.2 Å². The summed E-state index contributed by atoms with van der Waals surface area (Å²) in [6.07, 6.45) is 0. The average Bonchev–Trinajstić information content (AvgIpc) is 3.13. The smallest absolute Gasteiger partial charge is 0.272 e. The molecule has 0 spiro atoms. The number of benzene rings is 1. The Morgan fingerprint density at radius 2 is 1.91 bits per heavy atom. The average molecular weight is 349 g/mol. The quantitative estimate of drug-likeness (QED) is 0.844. The zero-order valence-corrected chi connectivity index (χ0v) is 13.5. The second-order valence-corrected chi connectivity index (χ2v) is 6.70. The van der Waals surface area contributed by atoms with Crippen molar-refractivity contribution in [2.45, 2.75) is 0 Å². The molecule has 2 heterocycles. The van der Waals surface area contributed by atoms with E-state index in [1.54, 1.807) is 23.6 Å². The number of thioether (sulfide) groups is 1. The van der Waals surface area contributed by atoms with E-state index < -0.39 is 17.6 Å². The van der Waals surface area contributed by atoms with Crippen molar-refractivity contribution in [3.8, 4) is 0 Å². The molecule has 1 aliphatic heterocycles. The highest BCUT2D eigenvalue weighted by Gasteiger charge is 2.41. The summed E-state index contributed by atoms with van der Waals surface area (Å²) < 4.78 is 14.0. The van der Waals surface area contributed by atoms with E-state index in [4.69, 9.17) is 5.11 Å². The molecule has 2 amide bonds. The van der Waals surface area contributed by atoms with Crippen molar-refractivity contribution in [2.24, 2.45) is 0 Å². The maximum atomic E-state index is 14.0. The fraction of sp³-hybridized carbons (Fsp3) is 0.125. The molecule has 0 saturated heterocycles. The highest BCUT2D eigenvalue weighted by Crippen LogP contribution is 2.40. The molecule has 0 atom stereocenters. The number of aliphatic hydroxyl groups is 1. The topological polar surface area (TPSA) is 57.6 Å². The fourth-order valence-electron chi connectivity index (χ4n) is 2.28. The first-order valence-electron chi connectivity index (χ1n) is 6.80. The lowest BCUT2D eigenvalue weighted by Gasteiger charge is -2.15. The molecule has 1 aromatic heterocycles. The van der Waals surface area contributed by atoms with Crippen LogP contribution in [0.1, 0.15) is 4.88 Å². The number of halogens is 1. The lowest BCUT2D eigenvalue weighted by Crippen LogP contribution is -2.32. The number of amides is 2. The SMILES string of the molecule is O=C1C(SCCO)=C(c2cccs2)C(=O)N1c1ccccc1F. The van der Waals surface area contributed by atoms with Gasteiger partial charge in [0.2, 0.25) is 0 Å². The number of para-hydroxylation sites is 1. The zero-order valence-electron chi connectivity index (χ0n) is 11.9. The Morgan fingerprint density at radius 3 is 2.57 bits per heavy atom. The third-order valence-electron chi connectivity index (χ3n) is 3.24. The summed E-state index contributed by atoms with van der Waals surface area (Å²) in [6.45, 7) is -0.118. The number of carbonyl (C=O) groups is 2. The number of anilines is 1. The van der Waals surface area contributed by atoms with Gasteiger partial charge in [0, 0.05) is 10.6 Å². The van der Waals surface area contributed by atoms with E-state index in [9.17, 15) is 14.0 Å². The minimum Gasteiger partial charge on any atom is -0.396 e. The molecule has 4 nitrogen and oxygen atoms in total. The zero-order chi connectivity index (χ0) is 16.4. The Balaban J connectivity index is 2.07. The standard InChI is InChI=1S/C16H12FNO3S2/c17-10-4-1-2-5-11(10)18-15(20)13(12-6-3-8-22-12)14(16(18)21)23-9-7-19/h1-6,8,19H,7,9H2. The van der Waals surface area contributed by atoms with Crippen molar-refractivity contribution in [1.82, 2.24) is 0 Å². The molecular formula is C16H12FNO3S2. The maximum Gasteiger partial charge on any atom is 0.272 e. The third-order valence-corrected chi connectivity index (χ3v) is 5.18. The van der Waals surface area contributed by atoms with Gasteiger partial charge < -0.3 is 5.11 Å². The van der Waals surface area contributed by atoms with Crippen LogP contribution < -0.4 is 4.90 Å². The van der Waals surface area contributed by atoms with Crippen LogP contribution in [0.25, 0.3) is 5.57 Å². The lowest BCUT2D eigenvalue weighted by atomic mass is 10.2. The van der Waals surface area contributed by atoms with Crippen LogP contribution in [0.2, 0.25) is 0 Å². The van der Waals surface area contributed by atoms with Gasteiger partial charge >= 0.3 is 0 Å². The summed E-state index contributed by atoms with van der Waals surface area (Å²) in [6, 6.07) is 9.21. The first-order valence-corrected chi connectivity index (χ1v) is 8.66. The van der Waals surface area contributed by atoms with Crippen LogP contribution in [-0.2, 0) is 9.59 Å². The molecular weight excluding hydrogens is 337 g/mol. The van der Waals surface area contributed by atoms with Crippen molar-refractivity contribution in [3.05, 3.63) is 57.4 Å². The molecule has 7 heteroatoms. The van der Waals surface area contributed by atoms with E-state index in [2.05, 4.69) is 0 Å². The van der Waals surface area contributed by atoms with E-state index in [0.29, 0.717) is 4.88 Å². The Kier molecular flexibility index (Phi) is 4.61. The number of imide groups is 1. The van der Waals surface area contributed by atoms with Crippen LogP contribution in [-0.4, -0.2) is 29.3 Å². The predicted octanol–water partition coefficient (Wildman–Crippen LogP) is 2.90. The third kappa shape index (κ3) is 2.83. The van der Waals surface area contributed by atoms with Crippen molar-refractivity contribution < 1.29 is 19.1 Å². The van der Waals surface area contributed by atoms with Gasteiger partial charge in [-0.05, 0) is 23.6 Å². The van der Waals surface area contributed by atoms with Crippen molar-refractivity contribution in [1.29, 1.82) is 0 Å². The molecule has 118 valence electrons. The van der Waals surface area contributed by atoms with Gasteiger partial charge in [-0.15, -0.1) is 23.1 Å². The van der Waals surface area contributed by atoms with Gasteiger partial charge in [-0.3, -0.25) is 9.59 Å². The first-order chi connectivity index (χ1) is 11.1. The monoisotopic (exact) mass is 349 g/mol. The summed E-state index contributed by atoms with van der Waals surface area (Å²) in [5, 5.41) is 10.8. The van der Waals surface area contributed by atoms with E-state index >= 15 is 0 Å². The fourth-order valence-corrected chi connectivity index (χ4v) is 3.97. The van der Waals surface area contributed by atoms with Crippen molar-refractivity contribution in [2.75, 3.05) is 17.3 Å². The van der Waals surface area contributed by atoms with E-state index in [1.165, 1.54) is 29.5 Å². The Bertz CT molecular complexity index is 786. The van der Waals surface area contributed by atoms with E-state index in [0.717, 1.165) is 16.7 Å². The Morgan fingerprint density at radius 1 is 1.13 bits per heavy atom. The molecule has 3 rings (SSSR count). The van der Waals surface area contributed by atoms with E-state index in [1.807, 2.05) is 0 Å². The maximum absolute atomic E-state index is 14.0. The minimum absolute atomic E-state index is 0.0591. The normalized spacial score (nSPS) is 15.0. The van der Waals surface area contributed by atoms with Gasteiger partial charge in [0.25, 0.3) is 11.8 Å². The first kappa shape index (κ1) is 15.9. The molecule has 1 aliphatic rings. The van der Waals surface area contributed by atoms with Crippen LogP contribution >= 0.6 is 23.1 Å². The summed E-state index contributed by atoms with van der Waals surface area (Å²) in [5.74, 6) is -1.44. The summed E-state index contributed by atoms with van der Waals surface area (Å²) in [7, 11) is 0. The van der Waals surface area contributed by atoms with Crippen LogP contribution in [0.4, 0.5) is 10.1 Å². The van der Waals surface area contributed by atoms with Gasteiger partial charge in [0.15, 0.2) is 0 Å². The van der Waals surface area contributed by atoms with Crippen LogP contribution in [0.15, 0.2) is 46.7 Å². The minimum atomic E-state index is -0.631. The molecule has 0 aliphatic carbocycles. The second kappa shape index (κ2) is 6.66. The number of carbonyl (C=O) groups excluding carboxylic acids is 2. The molecule has 1 aromatic carbocycles. The van der Waals surface area contributed by atoms with Crippen LogP contribution in [0, 0.1) is 5.82 Å². The van der Waals surface area contributed by atoms with Crippen LogP contribution in [0.5, 0.6) is 0 Å². The summed E-state index contributed by atoms with van der Waals surface area (Å²) in [5.41, 5.74) is 0.211. The largest absolute Gasteiger partial charge is 0.396 e. The molecule has 1 N–H and O–H groups in total. The Hall–Kier alpha value is -1.96. The number of aliphatic hydroxyl groups excluding tert-OH is 1. The number of hydrogen-bond acceptors (Lipinski definition) is 5.